The molecule has 142 valence electrons. The van der Waals surface area contributed by atoms with E-state index in [1.807, 2.05) is 0 Å². The van der Waals surface area contributed by atoms with Gasteiger partial charge in [0.25, 0.3) is 0 Å². The normalized spacial score (nSPS) is 22.7. The van der Waals surface area contributed by atoms with Crippen molar-refractivity contribution in [2.75, 3.05) is 5.32 Å². The third-order valence-electron chi connectivity index (χ3n) is 5.50. The van der Waals surface area contributed by atoms with Gasteiger partial charge in [-0.2, -0.15) is 13.2 Å². The average molecular weight is 374 g/mol. The number of anilines is 1. The maximum absolute atomic E-state index is 12.9. The smallest absolute Gasteiger partial charge is 0.412 e. The Morgan fingerprint density at radius 2 is 1.72 bits per heavy atom. The number of nitrogens with one attached hydrogen (secondary N) is 1. The van der Waals surface area contributed by atoms with Crippen molar-refractivity contribution in [2.45, 2.75) is 82.9 Å². The van der Waals surface area contributed by atoms with Crippen molar-refractivity contribution in [3.8, 4) is 0 Å². The van der Waals surface area contributed by atoms with E-state index in [1.54, 1.807) is 6.07 Å². The number of alkyl halides is 3. The standard InChI is InChI=1S/C19H30F3NOSi/c1-18(2,3)25(4,5)24-17-12-7-6-11-16(17)23-15-10-8-9-14(13-15)19(20,21)22/h8-10,13,16-17,23H,6-7,11-12H2,1-5H3/t16-,17-/m1/s1. The Labute approximate surface area is 150 Å². The molecule has 0 bridgehead atoms. The Morgan fingerprint density at radius 3 is 2.32 bits per heavy atom. The van der Waals surface area contributed by atoms with Gasteiger partial charge in [-0.15, -0.1) is 0 Å². The van der Waals surface area contributed by atoms with Gasteiger partial charge in [0.15, 0.2) is 8.32 Å². The lowest BCUT2D eigenvalue weighted by Crippen LogP contribution is -2.49. The molecule has 6 heteroatoms. The van der Waals surface area contributed by atoms with Crippen LogP contribution in [0.3, 0.4) is 0 Å². The Kier molecular flexibility index (Phi) is 5.94. The highest BCUT2D eigenvalue weighted by Gasteiger charge is 2.41. The van der Waals surface area contributed by atoms with Crippen LogP contribution in [0.25, 0.3) is 0 Å². The van der Waals surface area contributed by atoms with Gasteiger partial charge in [0.1, 0.15) is 0 Å². The van der Waals surface area contributed by atoms with Crippen molar-refractivity contribution in [2.24, 2.45) is 0 Å². The zero-order valence-corrected chi connectivity index (χ0v) is 16.8. The molecule has 1 fully saturated rings. The number of benzene rings is 1. The van der Waals surface area contributed by atoms with E-state index in [0.717, 1.165) is 31.7 Å². The van der Waals surface area contributed by atoms with Crippen LogP contribution >= 0.6 is 0 Å². The van der Waals surface area contributed by atoms with Crippen LogP contribution in [0.4, 0.5) is 18.9 Å². The third-order valence-corrected chi connectivity index (χ3v) is 10.0. The molecule has 2 atom stereocenters. The minimum atomic E-state index is -4.32. The molecule has 25 heavy (non-hydrogen) atoms. The number of hydrogen-bond donors (Lipinski definition) is 1. The Morgan fingerprint density at radius 1 is 1.08 bits per heavy atom. The Balaban J connectivity index is 2.14. The van der Waals surface area contributed by atoms with E-state index in [4.69, 9.17) is 4.43 Å². The van der Waals surface area contributed by atoms with E-state index in [-0.39, 0.29) is 17.2 Å². The highest BCUT2D eigenvalue weighted by atomic mass is 28.4. The van der Waals surface area contributed by atoms with Gasteiger partial charge < -0.3 is 9.74 Å². The second kappa shape index (κ2) is 7.31. The molecular formula is C19H30F3NOSi. The average Bonchev–Trinajstić information content (AvgIpc) is 2.47. The van der Waals surface area contributed by atoms with E-state index in [1.165, 1.54) is 12.1 Å². The van der Waals surface area contributed by atoms with Crippen molar-refractivity contribution in [1.82, 2.24) is 0 Å². The first-order chi connectivity index (χ1) is 11.4. The van der Waals surface area contributed by atoms with Crippen LogP contribution in [0.15, 0.2) is 24.3 Å². The van der Waals surface area contributed by atoms with E-state index >= 15 is 0 Å². The number of halogens is 3. The van der Waals surface area contributed by atoms with Crippen LogP contribution in [0.1, 0.15) is 52.0 Å². The molecule has 0 unspecified atom stereocenters. The molecule has 0 amide bonds. The third kappa shape index (κ3) is 5.23. The second-order valence-corrected chi connectivity index (χ2v) is 13.3. The van der Waals surface area contributed by atoms with Crippen LogP contribution in [0.5, 0.6) is 0 Å². The second-order valence-electron chi connectivity index (χ2n) is 8.53. The molecule has 2 rings (SSSR count). The molecular weight excluding hydrogens is 343 g/mol. The fourth-order valence-electron chi connectivity index (χ4n) is 2.96. The van der Waals surface area contributed by atoms with Gasteiger partial charge in [-0.05, 0) is 49.2 Å². The quantitative estimate of drug-likeness (QED) is 0.612. The molecule has 0 aromatic heterocycles. The zero-order valence-electron chi connectivity index (χ0n) is 15.8. The fourth-order valence-corrected chi connectivity index (χ4v) is 4.35. The molecule has 1 saturated carbocycles. The minimum Gasteiger partial charge on any atom is -0.412 e. The van der Waals surface area contributed by atoms with Gasteiger partial charge in [0.2, 0.25) is 0 Å². The zero-order chi connectivity index (χ0) is 18.9. The SMILES string of the molecule is CC(C)(C)[Si](C)(C)O[C@@H]1CCCC[C@H]1Nc1cccc(C(F)(F)F)c1. The molecule has 0 radical (unpaired) electrons. The minimum absolute atomic E-state index is 0.0594. The summed E-state index contributed by atoms with van der Waals surface area (Å²) in [5.74, 6) is 0. The Hall–Kier alpha value is -1.01. The molecule has 1 aromatic carbocycles. The monoisotopic (exact) mass is 373 g/mol. The van der Waals surface area contributed by atoms with Crippen LogP contribution in [0.2, 0.25) is 18.1 Å². The molecule has 1 aliphatic rings. The fraction of sp³-hybridized carbons (Fsp3) is 0.684. The van der Waals surface area contributed by atoms with E-state index in [2.05, 4.69) is 39.2 Å². The van der Waals surface area contributed by atoms with Gasteiger partial charge in [-0.3, -0.25) is 0 Å². The Bertz CT molecular complexity index is 581. The predicted molar refractivity (Wildman–Crippen MR) is 99.4 cm³/mol. The van der Waals surface area contributed by atoms with E-state index in [9.17, 15) is 13.2 Å². The van der Waals surface area contributed by atoms with Crippen molar-refractivity contribution in [3.63, 3.8) is 0 Å². The molecule has 1 N–H and O–H groups in total. The van der Waals surface area contributed by atoms with Crippen molar-refractivity contribution in [1.29, 1.82) is 0 Å². The van der Waals surface area contributed by atoms with Gasteiger partial charge in [-0.1, -0.05) is 39.7 Å². The van der Waals surface area contributed by atoms with Crippen LogP contribution < -0.4 is 5.32 Å². The van der Waals surface area contributed by atoms with Crippen LogP contribution in [-0.2, 0) is 10.6 Å². The summed E-state index contributed by atoms with van der Waals surface area (Å²) in [5.41, 5.74) is -0.0965. The summed E-state index contributed by atoms with van der Waals surface area (Å²) < 4.78 is 45.4. The predicted octanol–water partition coefficient (Wildman–Crippen LogP) is 6.45. The number of rotatable bonds is 4. The molecule has 0 saturated heterocycles. The lowest BCUT2D eigenvalue weighted by atomic mass is 9.92. The van der Waals surface area contributed by atoms with Crippen LogP contribution in [-0.4, -0.2) is 20.5 Å². The highest BCUT2D eigenvalue weighted by Crippen LogP contribution is 2.39. The first-order valence-electron chi connectivity index (χ1n) is 9.02. The maximum atomic E-state index is 12.9. The maximum Gasteiger partial charge on any atom is 0.416 e. The largest absolute Gasteiger partial charge is 0.416 e. The summed E-state index contributed by atoms with van der Waals surface area (Å²) in [6, 6.07) is 5.52. The first-order valence-corrected chi connectivity index (χ1v) is 11.9. The lowest BCUT2D eigenvalue weighted by Gasteiger charge is -2.43. The molecule has 2 nitrogen and oxygen atoms in total. The van der Waals surface area contributed by atoms with Gasteiger partial charge in [-0.25, -0.2) is 0 Å². The van der Waals surface area contributed by atoms with Crippen molar-refractivity contribution < 1.29 is 17.6 Å². The molecule has 1 aromatic rings. The summed E-state index contributed by atoms with van der Waals surface area (Å²) in [6.45, 7) is 11.1. The van der Waals surface area contributed by atoms with Gasteiger partial charge in [0.05, 0.1) is 17.7 Å². The highest BCUT2D eigenvalue weighted by molar-refractivity contribution is 6.74. The van der Waals surface area contributed by atoms with E-state index < -0.39 is 20.1 Å². The summed E-state index contributed by atoms with van der Waals surface area (Å²) >= 11 is 0. The van der Waals surface area contributed by atoms with E-state index in [0.29, 0.717) is 5.69 Å². The molecule has 0 spiro atoms. The summed E-state index contributed by atoms with van der Waals surface area (Å²) in [7, 11) is -1.91. The molecule has 0 heterocycles. The van der Waals surface area contributed by atoms with Crippen LogP contribution in [0, 0.1) is 0 Å². The van der Waals surface area contributed by atoms with Gasteiger partial charge >= 0.3 is 6.18 Å². The molecule has 1 aliphatic carbocycles. The topological polar surface area (TPSA) is 21.3 Å². The van der Waals surface area contributed by atoms with Crippen molar-refractivity contribution in [3.05, 3.63) is 29.8 Å². The number of hydrogen-bond acceptors (Lipinski definition) is 2. The first kappa shape index (κ1) is 20.3. The summed E-state index contributed by atoms with van der Waals surface area (Å²) in [4.78, 5) is 0. The van der Waals surface area contributed by atoms with Crippen molar-refractivity contribution >= 4 is 14.0 Å². The lowest BCUT2D eigenvalue weighted by molar-refractivity contribution is -0.137. The summed E-state index contributed by atoms with van der Waals surface area (Å²) in [6.07, 6.45) is -0.183. The summed E-state index contributed by atoms with van der Waals surface area (Å²) in [5, 5.41) is 3.43. The van der Waals surface area contributed by atoms with Gasteiger partial charge in [0, 0.05) is 5.69 Å². The molecule has 0 aliphatic heterocycles.